The van der Waals surface area contributed by atoms with Crippen molar-refractivity contribution >= 4 is 5.91 Å². The monoisotopic (exact) mass is 196 g/mol. The fraction of sp³-hybridized carbons (Fsp3) is 0.909. The molecule has 3 N–H and O–H groups in total. The van der Waals surface area contributed by atoms with E-state index >= 15 is 0 Å². The molecule has 1 amide bonds. The van der Waals surface area contributed by atoms with Crippen LogP contribution >= 0.6 is 0 Å². The Morgan fingerprint density at radius 1 is 1.43 bits per heavy atom. The van der Waals surface area contributed by atoms with E-state index in [1.807, 2.05) is 0 Å². The van der Waals surface area contributed by atoms with E-state index in [4.69, 9.17) is 5.73 Å². The fourth-order valence-corrected chi connectivity index (χ4v) is 2.29. The second kappa shape index (κ2) is 3.54. The summed E-state index contributed by atoms with van der Waals surface area (Å²) < 4.78 is 0. The Hall–Kier alpha value is -0.570. The molecule has 0 aromatic carbocycles. The van der Waals surface area contributed by atoms with Crippen LogP contribution in [0.25, 0.3) is 0 Å². The van der Waals surface area contributed by atoms with Crippen molar-refractivity contribution in [1.82, 2.24) is 5.32 Å². The van der Waals surface area contributed by atoms with Crippen molar-refractivity contribution in [3.8, 4) is 0 Å². The Bertz CT molecular complexity index is 229. The molecule has 0 saturated heterocycles. The number of hydrogen-bond donors (Lipinski definition) is 2. The van der Waals surface area contributed by atoms with Gasteiger partial charge in [0, 0.05) is 6.04 Å². The quantitative estimate of drug-likeness (QED) is 0.712. The van der Waals surface area contributed by atoms with Crippen LogP contribution in [0, 0.1) is 5.92 Å². The third-order valence-corrected chi connectivity index (χ3v) is 3.71. The van der Waals surface area contributed by atoms with Crippen molar-refractivity contribution < 1.29 is 4.79 Å². The molecule has 2 saturated carbocycles. The fourth-order valence-electron chi connectivity index (χ4n) is 2.29. The summed E-state index contributed by atoms with van der Waals surface area (Å²) in [6, 6.07) is 0.311. The highest BCUT2D eigenvalue weighted by molar-refractivity contribution is 5.89. The lowest BCUT2D eigenvalue weighted by atomic mass is 9.99. The molecule has 2 rings (SSSR count). The van der Waals surface area contributed by atoms with Crippen molar-refractivity contribution in [2.75, 3.05) is 0 Å². The summed E-state index contributed by atoms with van der Waals surface area (Å²) in [5.41, 5.74) is 5.32. The van der Waals surface area contributed by atoms with Crippen LogP contribution in [0.3, 0.4) is 0 Å². The summed E-state index contributed by atoms with van der Waals surface area (Å²) >= 11 is 0. The van der Waals surface area contributed by atoms with E-state index in [9.17, 15) is 4.79 Å². The predicted molar refractivity (Wildman–Crippen MR) is 55.7 cm³/mol. The van der Waals surface area contributed by atoms with Gasteiger partial charge in [-0.05, 0) is 38.5 Å². The first-order valence-corrected chi connectivity index (χ1v) is 5.72. The molecular weight excluding hydrogens is 176 g/mol. The zero-order chi connectivity index (χ0) is 10.2. The molecule has 0 spiro atoms. The number of amides is 1. The van der Waals surface area contributed by atoms with E-state index in [0.717, 1.165) is 12.8 Å². The molecule has 2 fully saturated rings. The number of rotatable bonds is 3. The van der Waals surface area contributed by atoms with Crippen LogP contribution < -0.4 is 11.1 Å². The first kappa shape index (κ1) is 9.97. The molecule has 0 radical (unpaired) electrons. The minimum absolute atomic E-state index is 0.0666. The standard InChI is InChI=1S/C11H20N2O/c1-8(9-4-2-3-5-9)13-10(14)11(12)6-7-11/h8-9H,2-7,12H2,1H3,(H,13,14). The lowest BCUT2D eigenvalue weighted by Gasteiger charge is -2.22. The van der Waals surface area contributed by atoms with Gasteiger partial charge in [-0.1, -0.05) is 12.8 Å². The number of carbonyl (C=O) groups is 1. The number of nitrogens with two attached hydrogens (primary N) is 1. The number of hydrogen-bond acceptors (Lipinski definition) is 2. The zero-order valence-corrected chi connectivity index (χ0v) is 8.88. The Balaban J connectivity index is 1.81. The molecule has 0 heterocycles. The van der Waals surface area contributed by atoms with E-state index in [-0.39, 0.29) is 5.91 Å². The van der Waals surface area contributed by atoms with E-state index in [2.05, 4.69) is 12.2 Å². The molecule has 3 nitrogen and oxygen atoms in total. The van der Waals surface area contributed by atoms with Crippen LogP contribution in [-0.4, -0.2) is 17.5 Å². The number of nitrogens with one attached hydrogen (secondary N) is 1. The Kier molecular flexibility index (Phi) is 2.52. The van der Waals surface area contributed by atoms with Crippen LogP contribution in [0.4, 0.5) is 0 Å². The molecule has 2 aliphatic rings. The van der Waals surface area contributed by atoms with Crippen molar-refractivity contribution in [2.45, 2.75) is 57.0 Å². The largest absolute Gasteiger partial charge is 0.352 e. The van der Waals surface area contributed by atoms with Crippen molar-refractivity contribution in [3.63, 3.8) is 0 Å². The van der Waals surface area contributed by atoms with E-state index in [1.165, 1.54) is 25.7 Å². The van der Waals surface area contributed by atoms with Crippen LogP contribution in [-0.2, 0) is 4.79 Å². The minimum atomic E-state index is -0.507. The summed E-state index contributed by atoms with van der Waals surface area (Å²) in [6.07, 6.45) is 6.88. The Morgan fingerprint density at radius 3 is 2.50 bits per heavy atom. The van der Waals surface area contributed by atoms with Gasteiger partial charge < -0.3 is 11.1 Å². The average Bonchev–Trinajstić information content (AvgIpc) is 2.71. The molecule has 0 aromatic rings. The Labute approximate surface area is 85.4 Å². The Morgan fingerprint density at radius 2 is 2.00 bits per heavy atom. The third-order valence-electron chi connectivity index (χ3n) is 3.71. The van der Waals surface area contributed by atoms with Gasteiger partial charge in [-0.25, -0.2) is 0 Å². The summed E-state index contributed by atoms with van der Waals surface area (Å²) in [6.45, 7) is 2.11. The van der Waals surface area contributed by atoms with Gasteiger partial charge in [-0.15, -0.1) is 0 Å². The van der Waals surface area contributed by atoms with Gasteiger partial charge in [-0.2, -0.15) is 0 Å². The molecular formula is C11H20N2O. The molecule has 1 atom stereocenters. The molecule has 3 heteroatoms. The highest BCUT2D eigenvalue weighted by Crippen LogP contribution is 2.33. The highest BCUT2D eigenvalue weighted by Gasteiger charge is 2.46. The summed E-state index contributed by atoms with van der Waals surface area (Å²) in [5, 5.41) is 3.06. The van der Waals surface area contributed by atoms with Gasteiger partial charge in [0.25, 0.3) is 0 Å². The zero-order valence-electron chi connectivity index (χ0n) is 8.88. The maximum Gasteiger partial charge on any atom is 0.240 e. The normalized spacial score (nSPS) is 27.3. The smallest absolute Gasteiger partial charge is 0.240 e. The molecule has 0 aliphatic heterocycles. The summed E-state index contributed by atoms with van der Waals surface area (Å²) in [5.74, 6) is 0.748. The lowest BCUT2D eigenvalue weighted by Crippen LogP contribution is -2.48. The van der Waals surface area contributed by atoms with Gasteiger partial charge in [0.1, 0.15) is 0 Å². The minimum Gasteiger partial charge on any atom is -0.352 e. The second-order valence-corrected chi connectivity index (χ2v) is 4.96. The summed E-state index contributed by atoms with van der Waals surface area (Å²) in [7, 11) is 0. The third kappa shape index (κ3) is 1.92. The van der Waals surface area contributed by atoms with Crippen molar-refractivity contribution in [2.24, 2.45) is 11.7 Å². The van der Waals surface area contributed by atoms with Crippen LogP contribution in [0.2, 0.25) is 0 Å². The first-order chi connectivity index (χ1) is 6.62. The van der Waals surface area contributed by atoms with Gasteiger partial charge in [0.15, 0.2) is 0 Å². The van der Waals surface area contributed by atoms with Gasteiger partial charge in [-0.3, -0.25) is 4.79 Å². The van der Waals surface area contributed by atoms with Gasteiger partial charge in [0.2, 0.25) is 5.91 Å². The topological polar surface area (TPSA) is 55.1 Å². The SMILES string of the molecule is CC(NC(=O)C1(N)CC1)C1CCCC1. The first-order valence-electron chi connectivity index (χ1n) is 5.72. The lowest BCUT2D eigenvalue weighted by molar-refractivity contribution is -0.124. The molecule has 2 aliphatic carbocycles. The molecule has 1 unspecified atom stereocenters. The van der Waals surface area contributed by atoms with Gasteiger partial charge >= 0.3 is 0 Å². The second-order valence-electron chi connectivity index (χ2n) is 4.96. The van der Waals surface area contributed by atoms with Crippen LogP contribution in [0.5, 0.6) is 0 Å². The maximum absolute atomic E-state index is 11.7. The maximum atomic E-state index is 11.7. The molecule has 80 valence electrons. The van der Waals surface area contributed by atoms with E-state index < -0.39 is 5.54 Å². The average molecular weight is 196 g/mol. The number of carbonyl (C=O) groups excluding carboxylic acids is 1. The molecule has 0 bridgehead atoms. The van der Waals surface area contributed by atoms with Crippen molar-refractivity contribution in [3.05, 3.63) is 0 Å². The summed E-state index contributed by atoms with van der Waals surface area (Å²) in [4.78, 5) is 11.7. The van der Waals surface area contributed by atoms with Gasteiger partial charge in [0.05, 0.1) is 5.54 Å². The van der Waals surface area contributed by atoms with E-state index in [1.54, 1.807) is 0 Å². The van der Waals surface area contributed by atoms with E-state index in [0.29, 0.717) is 12.0 Å². The van der Waals surface area contributed by atoms with Crippen LogP contribution in [0.15, 0.2) is 0 Å². The van der Waals surface area contributed by atoms with Crippen molar-refractivity contribution in [1.29, 1.82) is 0 Å². The van der Waals surface area contributed by atoms with Crippen LogP contribution in [0.1, 0.15) is 45.4 Å². The highest BCUT2D eigenvalue weighted by atomic mass is 16.2. The molecule has 0 aromatic heterocycles. The molecule has 14 heavy (non-hydrogen) atoms. The predicted octanol–water partition coefficient (Wildman–Crippen LogP) is 1.17.